The summed E-state index contributed by atoms with van der Waals surface area (Å²) in [4.78, 5) is 48.8. The summed E-state index contributed by atoms with van der Waals surface area (Å²) in [5.74, 6) is -4.50. The summed E-state index contributed by atoms with van der Waals surface area (Å²) in [6.45, 7) is 4.62. The third-order valence-electron chi connectivity index (χ3n) is 8.46. The molecule has 2 atom stereocenters. The number of carboxylic acids is 1. The van der Waals surface area contributed by atoms with Gasteiger partial charge in [0.05, 0.1) is 43.1 Å². The number of Topliss-reactive ketones (excluding diaryl/α,β-unsaturated/α-hetero) is 3. The van der Waals surface area contributed by atoms with Gasteiger partial charge in [0, 0.05) is 56.5 Å². The first-order valence-corrected chi connectivity index (χ1v) is 16.6. The van der Waals surface area contributed by atoms with E-state index in [2.05, 4.69) is 0 Å². The molecule has 0 bridgehead atoms. The van der Waals surface area contributed by atoms with E-state index in [1.165, 1.54) is 40.2 Å². The highest BCUT2D eigenvalue weighted by Crippen LogP contribution is 2.49. The van der Waals surface area contributed by atoms with Crippen molar-refractivity contribution in [1.82, 2.24) is 0 Å². The fourth-order valence-electron chi connectivity index (χ4n) is 4.99. The molecule has 1 aliphatic carbocycles. The number of benzene rings is 2. The molecule has 2 aromatic heterocycles. The van der Waals surface area contributed by atoms with Crippen LogP contribution in [-0.4, -0.2) is 55.9 Å². The van der Waals surface area contributed by atoms with E-state index in [1.807, 2.05) is 0 Å². The molecule has 47 heavy (non-hydrogen) atoms. The number of carboxylic acid groups (broad SMARTS) is 1. The number of fused-ring (bicyclic) bond motifs is 2. The highest BCUT2D eigenvalue weighted by atomic mass is 32.1. The minimum Gasteiger partial charge on any atom is -0.493 e. The highest BCUT2D eigenvalue weighted by molar-refractivity contribution is 7.21. The number of rotatable bonds is 16. The molecule has 0 spiro atoms. The fourth-order valence-corrected chi connectivity index (χ4v) is 7.06. The first kappa shape index (κ1) is 34.2. The van der Waals surface area contributed by atoms with E-state index in [-0.39, 0.29) is 76.3 Å². The zero-order valence-electron chi connectivity index (χ0n) is 26.5. The quantitative estimate of drug-likeness (QED) is 0.118. The molecule has 1 saturated carbocycles. The minimum absolute atomic E-state index is 0.0306. The van der Waals surface area contributed by atoms with E-state index >= 15 is 8.78 Å². The zero-order valence-corrected chi connectivity index (χ0v) is 28.1. The van der Waals surface area contributed by atoms with Crippen molar-refractivity contribution < 1.29 is 52.0 Å². The lowest BCUT2D eigenvalue weighted by molar-refractivity contribution is -0.141. The van der Waals surface area contributed by atoms with Crippen LogP contribution in [0.25, 0.3) is 20.2 Å². The molecule has 4 aromatic rings. The summed E-state index contributed by atoms with van der Waals surface area (Å²) < 4.78 is 55.2. The van der Waals surface area contributed by atoms with Crippen LogP contribution in [-0.2, 0) is 9.59 Å². The number of thiophene rings is 2. The van der Waals surface area contributed by atoms with Crippen molar-refractivity contribution in [3.8, 4) is 23.0 Å². The van der Waals surface area contributed by atoms with Gasteiger partial charge < -0.3 is 24.1 Å². The number of carbonyl (C=O) groups is 4. The molecule has 2 aromatic carbocycles. The maximum atomic E-state index is 15.8. The fraction of sp³-hybridized carbons (Fsp3) is 0.412. The normalized spacial score (nSPS) is 14.9. The van der Waals surface area contributed by atoms with Crippen molar-refractivity contribution in [2.75, 3.05) is 27.4 Å². The van der Waals surface area contributed by atoms with Crippen LogP contribution >= 0.6 is 22.7 Å². The number of ketones is 3. The minimum atomic E-state index is -1.09. The standard InChI is InChI=1S/C34H34F2O9S2/c1-16(18(3)37)8-21(38)27-10-19-25(46-27)12-23(42-4)31(29(19)35)44-14-34(6-7-34)15-45-32-24(43-5)13-26-20(30(32)36)11-28(47-26)22(39)9-17(2)33(40)41/h10-13,16-17H,6-9,14-15H2,1-5H3,(H,40,41)/t16-,17-/m0/s1. The topological polar surface area (TPSA) is 125 Å². The summed E-state index contributed by atoms with van der Waals surface area (Å²) in [6, 6.07) is 6.04. The van der Waals surface area contributed by atoms with Crippen molar-refractivity contribution in [2.24, 2.45) is 17.3 Å². The van der Waals surface area contributed by atoms with E-state index < -0.39 is 40.6 Å². The summed E-state index contributed by atoms with van der Waals surface area (Å²) in [5, 5.41) is 9.50. The van der Waals surface area contributed by atoms with E-state index in [1.54, 1.807) is 19.1 Å². The number of methoxy groups -OCH3 is 2. The zero-order chi connectivity index (χ0) is 34.2. The summed E-state index contributed by atoms with van der Waals surface area (Å²) >= 11 is 2.17. The third kappa shape index (κ3) is 7.10. The van der Waals surface area contributed by atoms with Crippen LogP contribution in [0.15, 0.2) is 24.3 Å². The molecule has 0 saturated heterocycles. The average molecular weight is 689 g/mol. The van der Waals surface area contributed by atoms with Gasteiger partial charge in [-0.3, -0.25) is 19.2 Å². The monoisotopic (exact) mass is 688 g/mol. The Morgan fingerprint density at radius 2 is 1.21 bits per heavy atom. The second kappa shape index (κ2) is 13.6. The van der Waals surface area contributed by atoms with Crippen molar-refractivity contribution in [1.29, 1.82) is 0 Å². The molecular weight excluding hydrogens is 654 g/mol. The first-order valence-electron chi connectivity index (χ1n) is 14.9. The Morgan fingerprint density at radius 3 is 1.57 bits per heavy atom. The molecule has 2 heterocycles. The molecule has 0 radical (unpaired) electrons. The van der Waals surface area contributed by atoms with Gasteiger partial charge in [0.25, 0.3) is 0 Å². The van der Waals surface area contributed by atoms with Gasteiger partial charge in [0.2, 0.25) is 0 Å². The molecule has 13 heteroatoms. The molecule has 1 N–H and O–H groups in total. The smallest absolute Gasteiger partial charge is 0.306 e. The van der Waals surface area contributed by atoms with Crippen LogP contribution in [0.5, 0.6) is 23.0 Å². The summed E-state index contributed by atoms with van der Waals surface area (Å²) in [7, 11) is 2.76. The van der Waals surface area contributed by atoms with Gasteiger partial charge in [-0.15, -0.1) is 22.7 Å². The van der Waals surface area contributed by atoms with Crippen molar-refractivity contribution >= 4 is 66.2 Å². The van der Waals surface area contributed by atoms with Gasteiger partial charge in [-0.1, -0.05) is 13.8 Å². The Labute approximate surface area is 277 Å². The third-order valence-corrected chi connectivity index (χ3v) is 10.7. The number of ether oxygens (including phenoxy) is 4. The molecule has 0 amide bonds. The van der Waals surface area contributed by atoms with Gasteiger partial charge in [-0.05, 0) is 31.9 Å². The van der Waals surface area contributed by atoms with Crippen LogP contribution in [0, 0.1) is 28.9 Å². The second-order valence-electron chi connectivity index (χ2n) is 12.1. The lowest BCUT2D eigenvalue weighted by Gasteiger charge is -2.20. The summed E-state index contributed by atoms with van der Waals surface area (Å²) in [5.41, 5.74) is -0.542. The molecule has 0 unspecified atom stereocenters. The molecule has 9 nitrogen and oxygen atoms in total. The number of hydrogen-bond donors (Lipinski definition) is 1. The molecule has 0 aliphatic heterocycles. The number of halogens is 2. The average Bonchev–Trinajstić information content (AvgIpc) is 3.44. The SMILES string of the molecule is COc1cc2sc(C(=O)C[C@H](C)C(C)=O)cc2c(F)c1OCC1(COc2c(OC)cc3sc(C(=O)C[C@H](C)C(=O)O)cc3c2F)CC1. The number of carbonyl (C=O) groups excluding carboxylic acids is 3. The van der Waals surface area contributed by atoms with Gasteiger partial charge in [0.15, 0.2) is 46.2 Å². The van der Waals surface area contributed by atoms with Gasteiger partial charge >= 0.3 is 5.97 Å². The summed E-state index contributed by atoms with van der Waals surface area (Å²) in [6.07, 6.45) is 1.17. The largest absolute Gasteiger partial charge is 0.493 e. The Bertz CT molecular complexity index is 1760. The number of aliphatic carboxylic acids is 1. The lowest BCUT2D eigenvalue weighted by atomic mass is 10.00. The Kier molecular flexibility index (Phi) is 9.88. The molecule has 1 aliphatic rings. The van der Waals surface area contributed by atoms with E-state index in [4.69, 9.17) is 24.1 Å². The Balaban J connectivity index is 1.32. The van der Waals surface area contributed by atoms with Gasteiger partial charge in [0.1, 0.15) is 5.78 Å². The second-order valence-corrected chi connectivity index (χ2v) is 14.2. The molecule has 1 fully saturated rings. The maximum Gasteiger partial charge on any atom is 0.306 e. The van der Waals surface area contributed by atoms with E-state index in [0.717, 1.165) is 22.7 Å². The molecule has 250 valence electrons. The van der Waals surface area contributed by atoms with Crippen molar-refractivity contribution in [2.45, 2.75) is 46.5 Å². The van der Waals surface area contributed by atoms with Gasteiger partial charge in [-0.2, -0.15) is 0 Å². The van der Waals surface area contributed by atoms with Crippen molar-refractivity contribution in [3.05, 3.63) is 45.7 Å². The van der Waals surface area contributed by atoms with Crippen LogP contribution < -0.4 is 18.9 Å². The predicted octanol–water partition coefficient (Wildman–Crippen LogP) is 7.74. The Hall–Kier alpha value is -4.10. The van der Waals surface area contributed by atoms with Gasteiger partial charge in [-0.25, -0.2) is 8.78 Å². The van der Waals surface area contributed by atoms with Crippen LogP contribution in [0.4, 0.5) is 8.78 Å². The van der Waals surface area contributed by atoms with E-state index in [0.29, 0.717) is 27.1 Å². The highest BCUT2D eigenvalue weighted by Gasteiger charge is 2.45. The number of hydrogen-bond acceptors (Lipinski definition) is 10. The van der Waals surface area contributed by atoms with Crippen molar-refractivity contribution in [3.63, 3.8) is 0 Å². The maximum absolute atomic E-state index is 15.8. The van der Waals surface area contributed by atoms with Crippen LogP contribution in [0.2, 0.25) is 0 Å². The first-order chi connectivity index (χ1) is 22.3. The van der Waals surface area contributed by atoms with Crippen LogP contribution in [0.1, 0.15) is 65.8 Å². The molecular formula is C34H34F2O9S2. The Morgan fingerprint density at radius 1 is 0.787 bits per heavy atom. The lowest BCUT2D eigenvalue weighted by Crippen LogP contribution is -2.22. The predicted molar refractivity (Wildman–Crippen MR) is 174 cm³/mol. The molecule has 5 rings (SSSR count). The van der Waals surface area contributed by atoms with E-state index in [9.17, 15) is 19.2 Å². The van der Waals surface area contributed by atoms with Crippen LogP contribution in [0.3, 0.4) is 0 Å².